The molecule has 2 rings (SSSR count). The van der Waals surface area contributed by atoms with Crippen LogP contribution in [-0.2, 0) is 23.9 Å². The summed E-state index contributed by atoms with van der Waals surface area (Å²) in [5, 5.41) is 9.11. The Hall–Kier alpha value is -2.29. The molecule has 1 fully saturated rings. The minimum Gasteiger partial charge on any atom is -0.477 e. The number of hydrogen-bond donors (Lipinski definition) is 2. The molecule has 2 heterocycles. The molecule has 2 N–H and O–H groups in total. The van der Waals surface area contributed by atoms with Crippen LogP contribution in [-0.4, -0.2) is 57.4 Å². The lowest BCUT2D eigenvalue weighted by atomic mass is 9.99. The van der Waals surface area contributed by atoms with Gasteiger partial charge >= 0.3 is 18.0 Å². The molecule has 0 aromatic carbocycles. The maximum Gasteiger partial charge on any atom is 0.411 e. The second kappa shape index (κ2) is 6.46. The molecular formula is C17H26N2O7. The Balaban J connectivity index is 2.28. The Morgan fingerprint density at radius 1 is 1.19 bits per heavy atom. The van der Waals surface area contributed by atoms with Crippen molar-refractivity contribution in [3.8, 4) is 0 Å². The largest absolute Gasteiger partial charge is 0.477 e. The second-order valence-electron chi connectivity index (χ2n) is 8.49. The number of hydroxylamine groups is 1. The Kier molecular flexibility index (Phi) is 4.97. The van der Waals surface area contributed by atoms with Crippen molar-refractivity contribution in [3.05, 3.63) is 11.8 Å². The quantitative estimate of drug-likeness (QED) is 0.704. The molecule has 1 spiro atoms. The van der Waals surface area contributed by atoms with Crippen molar-refractivity contribution >= 4 is 18.0 Å². The van der Waals surface area contributed by atoms with Crippen LogP contribution in [0.25, 0.3) is 0 Å². The van der Waals surface area contributed by atoms with Gasteiger partial charge in [-0.25, -0.2) is 14.4 Å². The van der Waals surface area contributed by atoms with E-state index in [0.717, 1.165) is 0 Å². The Morgan fingerprint density at radius 3 is 2.23 bits per heavy atom. The van der Waals surface area contributed by atoms with Crippen molar-refractivity contribution in [2.45, 2.75) is 70.8 Å². The number of amides is 1. The third-order valence-electron chi connectivity index (χ3n) is 3.66. The number of esters is 1. The van der Waals surface area contributed by atoms with Gasteiger partial charge in [0.25, 0.3) is 0 Å². The van der Waals surface area contributed by atoms with Gasteiger partial charge in [-0.15, -0.1) is 0 Å². The Bertz CT molecular complexity index is 606. The summed E-state index contributed by atoms with van der Waals surface area (Å²) in [4.78, 5) is 43.0. The number of nitrogens with one attached hydrogen (secondary N) is 1. The van der Waals surface area contributed by atoms with E-state index in [-0.39, 0.29) is 18.7 Å². The highest BCUT2D eigenvalue weighted by atomic mass is 16.7. The van der Waals surface area contributed by atoms with Crippen molar-refractivity contribution in [2.75, 3.05) is 6.54 Å². The van der Waals surface area contributed by atoms with Crippen LogP contribution in [0.5, 0.6) is 0 Å². The first-order valence-electron chi connectivity index (χ1n) is 8.34. The minimum atomic E-state index is -1.19. The van der Waals surface area contributed by atoms with E-state index in [4.69, 9.17) is 19.4 Å². The molecule has 1 amide bonds. The van der Waals surface area contributed by atoms with Crippen molar-refractivity contribution in [3.63, 3.8) is 0 Å². The van der Waals surface area contributed by atoms with Crippen molar-refractivity contribution in [1.82, 2.24) is 10.4 Å². The molecule has 146 valence electrons. The first-order chi connectivity index (χ1) is 11.7. The molecule has 2 aliphatic heterocycles. The molecule has 2 atom stereocenters. The van der Waals surface area contributed by atoms with E-state index >= 15 is 0 Å². The van der Waals surface area contributed by atoms with Crippen LogP contribution in [0.3, 0.4) is 0 Å². The SMILES string of the molecule is CC(C)(C)OC(=O)C1CC2(C=C(C(=O)O)NO2)CN1C(=O)OC(C)(C)C. The predicted molar refractivity (Wildman–Crippen MR) is 89.9 cm³/mol. The molecule has 26 heavy (non-hydrogen) atoms. The van der Waals surface area contributed by atoms with E-state index in [1.165, 1.54) is 11.0 Å². The first-order valence-corrected chi connectivity index (χ1v) is 8.34. The van der Waals surface area contributed by atoms with Gasteiger partial charge in [-0.3, -0.25) is 15.2 Å². The lowest BCUT2D eigenvalue weighted by Gasteiger charge is -2.29. The molecule has 0 bridgehead atoms. The first kappa shape index (κ1) is 20.0. The Morgan fingerprint density at radius 2 is 1.77 bits per heavy atom. The molecule has 0 saturated carbocycles. The van der Waals surface area contributed by atoms with Crippen LogP contribution in [0, 0.1) is 0 Å². The highest BCUT2D eigenvalue weighted by molar-refractivity contribution is 5.87. The third-order valence-corrected chi connectivity index (χ3v) is 3.66. The number of likely N-dealkylation sites (tertiary alicyclic amines) is 1. The fraction of sp³-hybridized carbons (Fsp3) is 0.706. The molecule has 0 radical (unpaired) electrons. The molecule has 1 saturated heterocycles. The number of carboxylic acids is 1. The van der Waals surface area contributed by atoms with Gasteiger partial charge in [0.2, 0.25) is 0 Å². The summed E-state index contributed by atoms with van der Waals surface area (Å²) < 4.78 is 10.8. The zero-order chi connectivity index (χ0) is 19.9. The summed E-state index contributed by atoms with van der Waals surface area (Å²) in [6.07, 6.45) is 0.744. The van der Waals surface area contributed by atoms with Gasteiger partial charge in [0.05, 0.1) is 6.54 Å². The number of nitrogens with zero attached hydrogens (tertiary/aromatic N) is 1. The standard InChI is InChI=1S/C17H26N2O7/c1-15(2,3)24-13(22)11-8-17(7-10(12(20)21)18-26-17)9-19(11)14(23)25-16(4,5)6/h7,11,18H,8-9H2,1-6H3,(H,20,21). The fourth-order valence-corrected chi connectivity index (χ4v) is 2.76. The number of aliphatic carboxylic acids is 1. The topological polar surface area (TPSA) is 114 Å². The highest BCUT2D eigenvalue weighted by Gasteiger charge is 2.54. The van der Waals surface area contributed by atoms with Crippen LogP contribution >= 0.6 is 0 Å². The third kappa shape index (κ3) is 4.66. The van der Waals surface area contributed by atoms with Gasteiger partial charge in [0.1, 0.15) is 28.5 Å². The maximum absolute atomic E-state index is 12.6. The van der Waals surface area contributed by atoms with Crippen molar-refractivity contribution < 1.29 is 33.8 Å². The zero-order valence-corrected chi connectivity index (χ0v) is 15.9. The van der Waals surface area contributed by atoms with E-state index in [2.05, 4.69) is 5.48 Å². The molecule has 0 aromatic heterocycles. The number of carbonyl (C=O) groups is 3. The van der Waals surface area contributed by atoms with Gasteiger partial charge in [0, 0.05) is 6.42 Å². The van der Waals surface area contributed by atoms with Crippen LogP contribution in [0.15, 0.2) is 11.8 Å². The second-order valence-corrected chi connectivity index (χ2v) is 8.49. The van der Waals surface area contributed by atoms with Crippen LogP contribution in [0.2, 0.25) is 0 Å². The number of carbonyl (C=O) groups excluding carboxylic acids is 2. The number of carboxylic acid groups (broad SMARTS) is 1. The van der Waals surface area contributed by atoms with Crippen molar-refractivity contribution in [2.24, 2.45) is 0 Å². The summed E-state index contributed by atoms with van der Waals surface area (Å²) in [6.45, 7) is 10.3. The lowest BCUT2D eigenvalue weighted by Crippen LogP contribution is -2.46. The molecule has 9 nitrogen and oxygen atoms in total. The number of rotatable bonds is 2. The van der Waals surface area contributed by atoms with Crippen LogP contribution in [0.4, 0.5) is 4.79 Å². The fourth-order valence-electron chi connectivity index (χ4n) is 2.76. The number of ether oxygens (including phenoxy) is 2. The smallest absolute Gasteiger partial charge is 0.411 e. The average Bonchev–Trinajstić information content (AvgIpc) is 3.00. The summed E-state index contributed by atoms with van der Waals surface area (Å²) in [5.41, 5.74) is -0.418. The van der Waals surface area contributed by atoms with Gasteiger partial charge in [-0.1, -0.05) is 0 Å². The molecule has 0 aliphatic carbocycles. The van der Waals surface area contributed by atoms with Crippen LogP contribution < -0.4 is 5.48 Å². The molecule has 9 heteroatoms. The molecule has 2 aliphatic rings. The predicted octanol–water partition coefficient (Wildman–Crippen LogP) is 1.58. The van der Waals surface area contributed by atoms with Gasteiger partial charge in [-0.2, -0.15) is 0 Å². The average molecular weight is 370 g/mol. The highest BCUT2D eigenvalue weighted by Crippen LogP contribution is 2.37. The van der Waals surface area contributed by atoms with Crippen molar-refractivity contribution in [1.29, 1.82) is 0 Å². The summed E-state index contributed by atoms with van der Waals surface area (Å²) >= 11 is 0. The molecule has 0 aromatic rings. The van der Waals surface area contributed by atoms with Gasteiger partial charge < -0.3 is 14.6 Å². The van der Waals surface area contributed by atoms with E-state index in [1.807, 2.05) is 0 Å². The van der Waals surface area contributed by atoms with E-state index in [9.17, 15) is 14.4 Å². The lowest BCUT2D eigenvalue weighted by molar-refractivity contribution is -0.160. The van der Waals surface area contributed by atoms with E-state index in [0.29, 0.717) is 0 Å². The summed E-state index contributed by atoms with van der Waals surface area (Å²) in [7, 11) is 0. The normalized spacial score (nSPS) is 25.7. The minimum absolute atomic E-state index is 0.0321. The Labute approximate surface area is 152 Å². The van der Waals surface area contributed by atoms with E-state index < -0.39 is 40.9 Å². The van der Waals surface area contributed by atoms with Gasteiger partial charge in [-0.05, 0) is 47.6 Å². The summed E-state index contributed by atoms with van der Waals surface area (Å²) in [6, 6.07) is -0.949. The monoisotopic (exact) mass is 370 g/mol. The van der Waals surface area contributed by atoms with Gasteiger partial charge in [0.15, 0.2) is 0 Å². The zero-order valence-electron chi connectivity index (χ0n) is 15.9. The summed E-state index contributed by atoms with van der Waals surface area (Å²) in [5.74, 6) is -1.78. The van der Waals surface area contributed by atoms with E-state index in [1.54, 1.807) is 41.5 Å². The maximum atomic E-state index is 12.6. The van der Waals surface area contributed by atoms with Crippen LogP contribution in [0.1, 0.15) is 48.0 Å². The molecule has 2 unspecified atom stereocenters. The molecular weight excluding hydrogens is 344 g/mol. The number of hydrogen-bond acceptors (Lipinski definition) is 7.